The van der Waals surface area contributed by atoms with Gasteiger partial charge in [0, 0.05) is 0 Å². The number of allylic oxidation sites excluding steroid dienone is 1. The van der Waals surface area contributed by atoms with Crippen molar-refractivity contribution in [2.24, 2.45) is 5.41 Å². The van der Waals surface area contributed by atoms with Gasteiger partial charge in [-0.1, -0.05) is 25.3 Å². The molecule has 1 aliphatic rings. The van der Waals surface area contributed by atoms with Gasteiger partial charge < -0.3 is 4.74 Å². The van der Waals surface area contributed by atoms with Crippen molar-refractivity contribution in [1.82, 2.24) is 0 Å². The molecular weight excluding hydrogens is 176 g/mol. The molecule has 0 N–H and O–H groups in total. The predicted octanol–water partition coefficient (Wildman–Crippen LogP) is 3.08. The predicted molar refractivity (Wildman–Crippen MR) is 57.0 cm³/mol. The Morgan fingerprint density at radius 2 is 2.07 bits per heavy atom. The molecule has 0 unspecified atom stereocenters. The minimum Gasteiger partial charge on any atom is -0.466 e. The lowest BCUT2D eigenvalue weighted by molar-refractivity contribution is -0.145. The fourth-order valence-electron chi connectivity index (χ4n) is 2.21. The largest absolute Gasteiger partial charge is 0.466 e. The number of esters is 1. The van der Waals surface area contributed by atoms with E-state index in [0.717, 1.165) is 12.8 Å². The van der Waals surface area contributed by atoms with E-state index in [1.54, 1.807) is 0 Å². The first-order chi connectivity index (χ1) is 6.72. The number of hydrogen-bond donors (Lipinski definition) is 0. The Bertz CT molecular complexity index is 202. The molecule has 0 spiro atoms. The van der Waals surface area contributed by atoms with Gasteiger partial charge in [0.05, 0.1) is 13.0 Å². The third-order valence-electron chi connectivity index (χ3n) is 3.08. The summed E-state index contributed by atoms with van der Waals surface area (Å²) in [6, 6.07) is 0. The summed E-state index contributed by atoms with van der Waals surface area (Å²) in [5.74, 6) is -0.0747. The Morgan fingerprint density at radius 1 is 1.43 bits per heavy atom. The molecule has 0 aromatic rings. The van der Waals surface area contributed by atoms with E-state index in [1.807, 2.05) is 13.0 Å². The molecule has 0 heterocycles. The highest BCUT2D eigenvalue weighted by Crippen LogP contribution is 2.40. The first-order valence-corrected chi connectivity index (χ1v) is 5.52. The van der Waals surface area contributed by atoms with Gasteiger partial charge in [-0.25, -0.2) is 0 Å². The van der Waals surface area contributed by atoms with E-state index < -0.39 is 0 Å². The van der Waals surface area contributed by atoms with Crippen molar-refractivity contribution in [3.8, 4) is 0 Å². The van der Waals surface area contributed by atoms with E-state index in [-0.39, 0.29) is 11.4 Å². The Morgan fingerprint density at radius 3 is 2.57 bits per heavy atom. The third-order valence-corrected chi connectivity index (χ3v) is 3.08. The van der Waals surface area contributed by atoms with Crippen molar-refractivity contribution in [3.05, 3.63) is 12.7 Å². The average molecular weight is 196 g/mol. The van der Waals surface area contributed by atoms with Gasteiger partial charge in [0.1, 0.15) is 0 Å². The Balaban J connectivity index is 2.51. The van der Waals surface area contributed by atoms with Crippen LogP contribution in [-0.2, 0) is 9.53 Å². The lowest BCUT2D eigenvalue weighted by Gasteiger charge is -2.33. The van der Waals surface area contributed by atoms with Gasteiger partial charge in [-0.05, 0) is 25.2 Å². The van der Waals surface area contributed by atoms with Gasteiger partial charge in [-0.15, -0.1) is 6.58 Å². The van der Waals surface area contributed by atoms with Crippen molar-refractivity contribution in [2.45, 2.75) is 45.4 Å². The number of rotatable bonds is 4. The van der Waals surface area contributed by atoms with Gasteiger partial charge >= 0.3 is 5.97 Å². The van der Waals surface area contributed by atoms with Crippen LogP contribution in [0.25, 0.3) is 0 Å². The summed E-state index contributed by atoms with van der Waals surface area (Å²) in [5.41, 5.74) is 0.0322. The van der Waals surface area contributed by atoms with Crippen LogP contribution in [0.15, 0.2) is 12.7 Å². The van der Waals surface area contributed by atoms with Crippen LogP contribution in [0, 0.1) is 5.41 Å². The summed E-state index contributed by atoms with van der Waals surface area (Å²) >= 11 is 0. The first kappa shape index (κ1) is 11.3. The van der Waals surface area contributed by atoms with Crippen LogP contribution < -0.4 is 0 Å². The molecule has 0 aliphatic heterocycles. The van der Waals surface area contributed by atoms with E-state index in [0.29, 0.717) is 13.0 Å². The number of carbonyl (C=O) groups excluding carboxylic acids is 1. The molecule has 0 amide bonds. The summed E-state index contributed by atoms with van der Waals surface area (Å²) in [4.78, 5) is 11.4. The quantitative estimate of drug-likeness (QED) is 0.510. The highest BCUT2D eigenvalue weighted by molar-refractivity contribution is 5.70. The lowest BCUT2D eigenvalue weighted by Crippen LogP contribution is -2.26. The van der Waals surface area contributed by atoms with Crippen LogP contribution in [0.5, 0.6) is 0 Å². The van der Waals surface area contributed by atoms with Crippen LogP contribution in [0.1, 0.15) is 45.4 Å². The Labute approximate surface area is 86.3 Å². The smallest absolute Gasteiger partial charge is 0.306 e. The van der Waals surface area contributed by atoms with E-state index in [4.69, 9.17) is 4.74 Å². The van der Waals surface area contributed by atoms with Crippen LogP contribution in [-0.4, -0.2) is 12.6 Å². The third kappa shape index (κ3) is 2.86. The zero-order valence-electron chi connectivity index (χ0n) is 9.05. The molecule has 1 aliphatic carbocycles. The number of carbonyl (C=O) groups is 1. The minimum absolute atomic E-state index is 0.0322. The van der Waals surface area contributed by atoms with Gasteiger partial charge in [0.25, 0.3) is 0 Å². The standard InChI is InChI=1S/C12H20O2/c1-3-12(8-6-5-7-9-12)10-11(13)14-4-2/h3H,1,4-10H2,2H3. The molecule has 0 aromatic heterocycles. The molecule has 80 valence electrons. The molecule has 1 saturated carbocycles. The number of ether oxygens (including phenoxy) is 1. The fourth-order valence-corrected chi connectivity index (χ4v) is 2.21. The van der Waals surface area contributed by atoms with Crippen LogP contribution in [0.2, 0.25) is 0 Å². The van der Waals surface area contributed by atoms with E-state index in [9.17, 15) is 4.79 Å². The maximum atomic E-state index is 11.4. The molecule has 0 bridgehead atoms. The number of hydrogen-bond acceptors (Lipinski definition) is 2. The second-order valence-electron chi connectivity index (χ2n) is 4.11. The molecular formula is C12H20O2. The van der Waals surface area contributed by atoms with E-state index in [2.05, 4.69) is 6.58 Å². The molecule has 2 nitrogen and oxygen atoms in total. The molecule has 0 atom stereocenters. The van der Waals surface area contributed by atoms with Crippen molar-refractivity contribution in [3.63, 3.8) is 0 Å². The summed E-state index contributed by atoms with van der Waals surface area (Å²) in [6.07, 6.45) is 8.38. The maximum Gasteiger partial charge on any atom is 0.306 e. The molecule has 0 radical (unpaired) electrons. The van der Waals surface area contributed by atoms with Gasteiger partial charge in [-0.3, -0.25) is 4.79 Å². The monoisotopic (exact) mass is 196 g/mol. The molecule has 1 fully saturated rings. The van der Waals surface area contributed by atoms with Crippen LogP contribution in [0.4, 0.5) is 0 Å². The fraction of sp³-hybridized carbons (Fsp3) is 0.750. The molecule has 2 heteroatoms. The van der Waals surface area contributed by atoms with E-state index in [1.165, 1.54) is 19.3 Å². The second kappa shape index (κ2) is 5.18. The molecule has 14 heavy (non-hydrogen) atoms. The zero-order valence-corrected chi connectivity index (χ0v) is 9.05. The van der Waals surface area contributed by atoms with Crippen molar-refractivity contribution >= 4 is 5.97 Å². The van der Waals surface area contributed by atoms with Crippen molar-refractivity contribution in [2.75, 3.05) is 6.61 Å². The van der Waals surface area contributed by atoms with Crippen molar-refractivity contribution < 1.29 is 9.53 Å². The second-order valence-corrected chi connectivity index (χ2v) is 4.11. The van der Waals surface area contributed by atoms with Gasteiger partial charge in [0.2, 0.25) is 0 Å². The normalized spacial score (nSPS) is 20.1. The summed E-state index contributed by atoms with van der Waals surface area (Å²) < 4.78 is 4.98. The highest BCUT2D eigenvalue weighted by Gasteiger charge is 2.31. The van der Waals surface area contributed by atoms with Crippen LogP contribution in [0.3, 0.4) is 0 Å². The molecule has 0 saturated heterocycles. The highest BCUT2D eigenvalue weighted by atomic mass is 16.5. The average Bonchev–Trinajstić information content (AvgIpc) is 2.19. The topological polar surface area (TPSA) is 26.3 Å². The first-order valence-electron chi connectivity index (χ1n) is 5.52. The van der Waals surface area contributed by atoms with E-state index >= 15 is 0 Å². The SMILES string of the molecule is C=CC1(CC(=O)OCC)CCCCC1. The molecule has 1 rings (SSSR count). The Hall–Kier alpha value is -0.790. The minimum atomic E-state index is -0.0747. The Kier molecular flexibility index (Phi) is 4.18. The summed E-state index contributed by atoms with van der Waals surface area (Å²) in [6.45, 7) is 6.19. The van der Waals surface area contributed by atoms with Crippen LogP contribution >= 0.6 is 0 Å². The maximum absolute atomic E-state index is 11.4. The van der Waals surface area contributed by atoms with Crippen molar-refractivity contribution in [1.29, 1.82) is 0 Å². The zero-order chi connectivity index (χ0) is 10.4. The van der Waals surface area contributed by atoms with Gasteiger partial charge in [-0.2, -0.15) is 0 Å². The summed E-state index contributed by atoms with van der Waals surface area (Å²) in [7, 11) is 0. The molecule has 0 aromatic carbocycles. The lowest BCUT2D eigenvalue weighted by atomic mass is 9.72. The van der Waals surface area contributed by atoms with Gasteiger partial charge in [0.15, 0.2) is 0 Å². The summed E-state index contributed by atoms with van der Waals surface area (Å²) in [5, 5.41) is 0.